The van der Waals surface area contributed by atoms with Gasteiger partial charge in [0.25, 0.3) is 0 Å². The number of benzene rings is 1. The topological polar surface area (TPSA) is 110 Å². The summed E-state index contributed by atoms with van der Waals surface area (Å²) in [4.78, 5) is 22.4. The van der Waals surface area contributed by atoms with Crippen molar-refractivity contribution in [2.75, 3.05) is 7.11 Å². The molecular weight excluding hydrogens is 369 g/mol. The molecule has 0 radical (unpaired) electrons. The number of hydrogen-bond donors (Lipinski definition) is 2. The van der Waals surface area contributed by atoms with Gasteiger partial charge in [0.2, 0.25) is 10.0 Å². The summed E-state index contributed by atoms with van der Waals surface area (Å²) in [6.07, 6.45) is 0. The average molecular weight is 384 g/mol. The van der Waals surface area contributed by atoms with Gasteiger partial charge in [0, 0.05) is 5.02 Å². The molecular formula is C13H15Cl2NO6S. The minimum Gasteiger partial charge on any atom is -0.480 e. The number of hydrogen-bond acceptors (Lipinski definition) is 5. The zero-order valence-electron chi connectivity index (χ0n) is 12.5. The number of esters is 1. The molecule has 0 amide bonds. The maximum atomic E-state index is 12.5. The Morgan fingerprint density at radius 2 is 1.83 bits per heavy atom. The van der Waals surface area contributed by atoms with Gasteiger partial charge < -0.3 is 9.84 Å². The van der Waals surface area contributed by atoms with Crippen molar-refractivity contribution in [2.24, 2.45) is 5.92 Å². The lowest BCUT2D eigenvalue weighted by molar-refractivity contribution is -0.140. The van der Waals surface area contributed by atoms with E-state index >= 15 is 0 Å². The quantitative estimate of drug-likeness (QED) is 0.728. The number of carboxylic acids is 1. The molecule has 0 unspecified atom stereocenters. The van der Waals surface area contributed by atoms with Crippen molar-refractivity contribution in [3.63, 3.8) is 0 Å². The second-order valence-electron chi connectivity index (χ2n) is 4.94. The Kier molecular flexibility index (Phi) is 6.41. The van der Waals surface area contributed by atoms with E-state index in [1.54, 1.807) is 0 Å². The van der Waals surface area contributed by atoms with Gasteiger partial charge in [-0.3, -0.25) is 4.79 Å². The molecule has 1 atom stereocenters. The first-order valence-corrected chi connectivity index (χ1v) is 8.57. The zero-order valence-corrected chi connectivity index (χ0v) is 14.8. The second-order valence-corrected chi connectivity index (χ2v) is 7.43. The van der Waals surface area contributed by atoms with E-state index in [2.05, 4.69) is 4.74 Å². The van der Waals surface area contributed by atoms with Crippen LogP contribution < -0.4 is 4.72 Å². The number of carboxylic acid groups (broad SMARTS) is 1. The minimum absolute atomic E-state index is 0.0352. The highest BCUT2D eigenvalue weighted by atomic mass is 35.5. The van der Waals surface area contributed by atoms with E-state index in [9.17, 15) is 18.0 Å². The first kappa shape index (κ1) is 19.7. The molecule has 0 heterocycles. The number of ether oxygens (including phenoxy) is 1. The Morgan fingerprint density at radius 3 is 2.26 bits per heavy atom. The molecule has 0 aliphatic rings. The lowest BCUT2D eigenvalue weighted by atomic mass is 10.1. The number of carbonyl (C=O) groups excluding carboxylic acids is 1. The summed E-state index contributed by atoms with van der Waals surface area (Å²) in [5.74, 6) is -2.85. The van der Waals surface area contributed by atoms with Crippen LogP contribution in [0.5, 0.6) is 0 Å². The van der Waals surface area contributed by atoms with Gasteiger partial charge in [-0.2, -0.15) is 4.72 Å². The maximum Gasteiger partial charge on any atom is 0.339 e. The number of nitrogens with one attached hydrogen (secondary N) is 1. The molecule has 7 nitrogen and oxygen atoms in total. The van der Waals surface area contributed by atoms with Crippen molar-refractivity contribution in [2.45, 2.75) is 24.8 Å². The lowest BCUT2D eigenvalue weighted by Gasteiger charge is -2.19. The van der Waals surface area contributed by atoms with Gasteiger partial charge >= 0.3 is 11.9 Å². The molecule has 0 spiro atoms. The summed E-state index contributed by atoms with van der Waals surface area (Å²) in [5.41, 5.74) is -0.384. The first-order valence-electron chi connectivity index (χ1n) is 6.33. The number of sulfonamides is 1. The summed E-state index contributed by atoms with van der Waals surface area (Å²) >= 11 is 11.7. The van der Waals surface area contributed by atoms with Crippen LogP contribution in [0.15, 0.2) is 17.0 Å². The molecule has 23 heavy (non-hydrogen) atoms. The standard InChI is InChI=1S/C13H15Cl2NO6S/c1-6(2)10(12(17)18)16-23(20,21)11-8(13(19)22-3)4-7(14)5-9(11)15/h4-6,10,16H,1-3H3,(H,17,18)/t10-/m1/s1. The van der Waals surface area contributed by atoms with Gasteiger partial charge in [-0.15, -0.1) is 0 Å². The third kappa shape index (κ3) is 4.57. The first-order chi connectivity index (χ1) is 10.5. The average Bonchev–Trinajstić information content (AvgIpc) is 2.41. The molecule has 2 N–H and O–H groups in total. The van der Waals surface area contributed by atoms with Crippen LogP contribution in [0, 0.1) is 5.92 Å². The van der Waals surface area contributed by atoms with Crippen LogP contribution in [0.4, 0.5) is 0 Å². The zero-order chi connectivity index (χ0) is 17.9. The predicted octanol–water partition coefficient (Wildman–Crippen LogP) is 2.17. The van der Waals surface area contributed by atoms with E-state index < -0.39 is 38.8 Å². The highest BCUT2D eigenvalue weighted by Gasteiger charge is 2.33. The molecule has 1 aromatic carbocycles. The Labute approximate surface area is 143 Å². The van der Waals surface area contributed by atoms with Crippen molar-refractivity contribution >= 4 is 45.2 Å². The predicted molar refractivity (Wildman–Crippen MR) is 84.4 cm³/mol. The number of methoxy groups -OCH3 is 1. The second kappa shape index (κ2) is 7.48. The fourth-order valence-corrected chi connectivity index (χ4v) is 4.16. The third-order valence-corrected chi connectivity index (χ3v) is 5.07. The number of halogens is 2. The fraction of sp³-hybridized carbons (Fsp3) is 0.385. The highest BCUT2D eigenvalue weighted by molar-refractivity contribution is 7.89. The fourth-order valence-electron chi connectivity index (χ4n) is 1.79. The third-order valence-electron chi connectivity index (χ3n) is 2.90. The van der Waals surface area contributed by atoms with Crippen LogP contribution >= 0.6 is 23.2 Å². The molecule has 0 saturated heterocycles. The highest BCUT2D eigenvalue weighted by Crippen LogP contribution is 2.30. The SMILES string of the molecule is COC(=O)c1cc(Cl)cc(Cl)c1S(=O)(=O)N[C@@H](C(=O)O)C(C)C. The summed E-state index contributed by atoms with van der Waals surface area (Å²) in [7, 11) is -3.34. The lowest BCUT2D eigenvalue weighted by Crippen LogP contribution is -2.44. The summed E-state index contributed by atoms with van der Waals surface area (Å²) < 4.78 is 31.6. The Balaban J connectivity index is 3.49. The Morgan fingerprint density at radius 1 is 1.26 bits per heavy atom. The maximum absolute atomic E-state index is 12.5. The van der Waals surface area contributed by atoms with E-state index in [0.29, 0.717) is 0 Å². The van der Waals surface area contributed by atoms with Crippen LogP contribution in [0.3, 0.4) is 0 Å². The van der Waals surface area contributed by atoms with E-state index in [1.165, 1.54) is 13.8 Å². The van der Waals surface area contributed by atoms with Gasteiger partial charge in [-0.25, -0.2) is 13.2 Å². The van der Waals surface area contributed by atoms with Gasteiger partial charge in [-0.1, -0.05) is 37.0 Å². The van der Waals surface area contributed by atoms with Gasteiger partial charge in [0.05, 0.1) is 17.7 Å². The van der Waals surface area contributed by atoms with Gasteiger partial charge in [0.1, 0.15) is 10.9 Å². The van der Waals surface area contributed by atoms with Crippen LogP contribution in [-0.4, -0.2) is 38.6 Å². The van der Waals surface area contributed by atoms with E-state index in [0.717, 1.165) is 19.2 Å². The summed E-state index contributed by atoms with van der Waals surface area (Å²) in [5, 5.41) is 8.83. The number of rotatable bonds is 6. The largest absolute Gasteiger partial charge is 0.480 e. The summed E-state index contributed by atoms with van der Waals surface area (Å²) in [6.45, 7) is 3.07. The Bertz CT molecular complexity index is 732. The van der Waals surface area contributed by atoms with E-state index in [-0.39, 0.29) is 15.6 Å². The van der Waals surface area contributed by atoms with Crippen molar-refractivity contribution in [3.05, 3.63) is 27.7 Å². The van der Waals surface area contributed by atoms with E-state index in [4.69, 9.17) is 28.3 Å². The molecule has 0 fully saturated rings. The van der Waals surface area contributed by atoms with E-state index in [1.807, 2.05) is 4.72 Å². The van der Waals surface area contributed by atoms with Crippen molar-refractivity contribution in [1.29, 1.82) is 0 Å². The summed E-state index contributed by atoms with van der Waals surface area (Å²) in [6, 6.07) is 0.825. The smallest absolute Gasteiger partial charge is 0.339 e. The normalized spacial score (nSPS) is 13.0. The molecule has 128 valence electrons. The van der Waals surface area contributed by atoms with Crippen LogP contribution in [0.2, 0.25) is 10.0 Å². The molecule has 0 bridgehead atoms. The molecule has 0 aromatic heterocycles. The molecule has 0 aliphatic carbocycles. The Hall–Kier alpha value is -1.35. The van der Waals surface area contributed by atoms with Crippen molar-refractivity contribution in [3.8, 4) is 0 Å². The number of carbonyl (C=O) groups is 2. The molecule has 10 heteroatoms. The van der Waals surface area contributed by atoms with Crippen molar-refractivity contribution < 1.29 is 27.9 Å². The van der Waals surface area contributed by atoms with Gasteiger partial charge in [0.15, 0.2) is 0 Å². The molecule has 0 aliphatic heterocycles. The molecule has 0 saturated carbocycles. The number of aliphatic carboxylic acids is 1. The monoisotopic (exact) mass is 383 g/mol. The molecule has 1 rings (SSSR count). The van der Waals surface area contributed by atoms with Crippen LogP contribution in [-0.2, 0) is 19.6 Å². The molecule has 1 aromatic rings. The van der Waals surface area contributed by atoms with Crippen LogP contribution in [0.1, 0.15) is 24.2 Å². The van der Waals surface area contributed by atoms with Crippen LogP contribution in [0.25, 0.3) is 0 Å². The minimum atomic E-state index is -4.40. The van der Waals surface area contributed by atoms with Gasteiger partial charge in [-0.05, 0) is 18.1 Å². The van der Waals surface area contributed by atoms with Crippen molar-refractivity contribution in [1.82, 2.24) is 4.72 Å².